The van der Waals surface area contributed by atoms with Gasteiger partial charge in [0.15, 0.2) is 0 Å². The first-order chi connectivity index (χ1) is 15.7. The van der Waals surface area contributed by atoms with Crippen LogP contribution in [0.1, 0.15) is 45.9 Å². The van der Waals surface area contributed by atoms with E-state index in [9.17, 15) is 4.79 Å². The summed E-state index contributed by atoms with van der Waals surface area (Å²) in [5.74, 6) is -0.331. The summed E-state index contributed by atoms with van der Waals surface area (Å²) >= 11 is 3.24. The molecule has 6 heteroatoms. The van der Waals surface area contributed by atoms with Gasteiger partial charge in [0.25, 0.3) is 0 Å². The van der Waals surface area contributed by atoms with Crippen LogP contribution in [-0.4, -0.2) is 18.1 Å². The van der Waals surface area contributed by atoms with Crippen molar-refractivity contribution in [1.82, 2.24) is 9.71 Å². The number of nitrogens with one attached hydrogen (secondary N) is 1. The number of carbonyl (C=O) groups excluding carboxylic acids is 1. The zero-order chi connectivity index (χ0) is 22.3. The van der Waals surface area contributed by atoms with Crippen molar-refractivity contribution in [3.63, 3.8) is 0 Å². The number of aryl methyl sites for hydroxylation is 1. The molecule has 3 aromatic carbocycles. The van der Waals surface area contributed by atoms with Gasteiger partial charge in [-0.3, -0.25) is 0 Å². The maximum absolute atomic E-state index is 11.9. The molecule has 0 saturated heterocycles. The lowest BCUT2D eigenvalue weighted by Gasteiger charge is -2.17. The number of rotatable bonds is 9. The van der Waals surface area contributed by atoms with Crippen LogP contribution < -0.4 is 4.72 Å². The summed E-state index contributed by atoms with van der Waals surface area (Å²) in [6, 6.07) is 24.6. The predicted octanol–water partition coefficient (Wildman–Crippen LogP) is 6.62. The molecule has 32 heavy (non-hydrogen) atoms. The van der Waals surface area contributed by atoms with E-state index in [1.165, 1.54) is 34.9 Å². The van der Waals surface area contributed by atoms with Gasteiger partial charge in [-0.2, -0.15) is 0 Å². The van der Waals surface area contributed by atoms with Crippen LogP contribution in [0.4, 0.5) is 0 Å². The van der Waals surface area contributed by atoms with Crippen molar-refractivity contribution in [3.8, 4) is 0 Å². The third-order valence-electron chi connectivity index (χ3n) is 5.15. The summed E-state index contributed by atoms with van der Waals surface area (Å²) in [4.78, 5) is 17.8. The normalized spacial score (nSPS) is 12.1. The van der Waals surface area contributed by atoms with E-state index in [2.05, 4.69) is 48.0 Å². The lowest BCUT2D eigenvalue weighted by atomic mass is 10.0. The molecule has 1 N–H and O–H groups in total. The Bertz CT molecular complexity index is 1170. The number of hydrogen-bond donors (Lipinski definition) is 1. The maximum atomic E-state index is 11.9. The van der Waals surface area contributed by atoms with Crippen molar-refractivity contribution in [3.05, 3.63) is 94.5 Å². The molecule has 4 aromatic rings. The number of methoxy groups -OCH3 is 1. The molecule has 0 aliphatic heterocycles. The number of ether oxygens (including phenoxy) is 1. The fourth-order valence-electron chi connectivity index (χ4n) is 3.60. The molecule has 0 aliphatic rings. The van der Waals surface area contributed by atoms with E-state index in [1.54, 1.807) is 17.4 Å². The van der Waals surface area contributed by atoms with Crippen LogP contribution >= 0.6 is 23.3 Å². The molecule has 4 nitrogen and oxygen atoms in total. The van der Waals surface area contributed by atoms with Crippen LogP contribution in [0.3, 0.4) is 0 Å². The van der Waals surface area contributed by atoms with Gasteiger partial charge in [-0.25, -0.2) is 14.5 Å². The molecule has 1 heterocycles. The minimum absolute atomic E-state index is 0.0380. The van der Waals surface area contributed by atoms with E-state index in [0.717, 1.165) is 34.7 Å². The fourth-order valence-corrected chi connectivity index (χ4v) is 5.50. The fraction of sp³-hybridized carbons (Fsp3) is 0.231. The highest BCUT2D eigenvalue weighted by Gasteiger charge is 2.18. The first-order valence-corrected chi connectivity index (χ1v) is 12.3. The van der Waals surface area contributed by atoms with Gasteiger partial charge in [0.1, 0.15) is 5.01 Å². The highest BCUT2D eigenvalue weighted by molar-refractivity contribution is 7.97. The maximum Gasteiger partial charge on any atom is 0.337 e. The van der Waals surface area contributed by atoms with E-state index >= 15 is 0 Å². The second kappa shape index (κ2) is 10.8. The molecule has 1 unspecified atom stereocenters. The van der Waals surface area contributed by atoms with Crippen molar-refractivity contribution < 1.29 is 9.53 Å². The Labute approximate surface area is 197 Å². The standard InChI is InChI=1S/C26H26N2O2S2/c1-3-8-18-9-6-10-19(15-18)16-23(25-27-22-13-4-5-14-24(22)31-25)28-32-21-12-7-11-20(17-21)26(29)30-2/h4-7,9-15,17,23,28H,3,8,16H2,1-2H3. The Kier molecular flexibility index (Phi) is 7.58. The molecule has 0 amide bonds. The van der Waals surface area contributed by atoms with Crippen molar-refractivity contribution >= 4 is 39.5 Å². The topological polar surface area (TPSA) is 51.2 Å². The highest BCUT2D eigenvalue weighted by Crippen LogP contribution is 2.31. The van der Waals surface area contributed by atoms with Gasteiger partial charge < -0.3 is 4.74 Å². The van der Waals surface area contributed by atoms with E-state index in [-0.39, 0.29) is 12.0 Å². The van der Waals surface area contributed by atoms with Gasteiger partial charge >= 0.3 is 5.97 Å². The average Bonchev–Trinajstić information content (AvgIpc) is 3.26. The molecular formula is C26H26N2O2S2. The van der Waals surface area contributed by atoms with E-state index in [1.807, 2.05) is 30.3 Å². The first kappa shape index (κ1) is 22.5. The number of benzene rings is 3. The summed E-state index contributed by atoms with van der Waals surface area (Å²) in [5.41, 5.74) is 4.22. The molecule has 0 bridgehead atoms. The average molecular weight is 463 g/mol. The smallest absolute Gasteiger partial charge is 0.337 e. The van der Waals surface area contributed by atoms with E-state index in [4.69, 9.17) is 9.72 Å². The zero-order valence-electron chi connectivity index (χ0n) is 18.2. The van der Waals surface area contributed by atoms with E-state index < -0.39 is 0 Å². The molecule has 0 spiro atoms. The minimum Gasteiger partial charge on any atom is -0.465 e. The third-order valence-corrected chi connectivity index (χ3v) is 7.19. The highest BCUT2D eigenvalue weighted by atomic mass is 32.2. The number of thiazole rings is 1. The van der Waals surface area contributed by atoms with E-state index in [0.29, 0.717) is 5.56 Å². The van der Waals surface area contributed by atoms with Crippen molar-refractivity contribution in [1.29, 1.82) is 0 Å². The van der Waals surface area contributed by atoms with Crippen LogP contribution in [0.5, 0.6) is 0 Å². The SMILES string of the molecule is CCCc1cccc(CC(NSc2cccc(C(=O)OC)c2)c2nc3ccccc3s2)c1. The number of para-hydroxylation sites is 1. The summed E-state index contributed by atoms with van der Waals surface area (Å²) in [6.07, 6.45) is 3.05. The van der Waals surface area contributed by atoms with Gasteiger partial charge in [0, 0.05) is 4.90 Å². The first-order valence-electron chi connectivity index (χ1n) is 10.7. The molecule has 0 radical (unpaired) electrons. The molecule has 164 valence electrons. The zero-order valence-corrected chi connectivity index (χ0v) is 19.8. The van der Waals surface area contributed by atoms with Gasteiger partial charge in [-0.15, -0.1) is 11.3 Å². The lowest BCUT2D eigenvalue weighted by molar-refractivity contribution is 0.0600. The molecule has 4 rings (SSSR count). The number of esters is 1. The molecule has 0 fully saturated rings. The second-order valence-corrected chi connectivity index (χ2v) is 9.56. The number of aromatic nitrogens is 1. The van der Waals surface area contributed by atoms with Gasteiger partial charge in [0.2, 0.25) is 0 Å². The molecule has 0 saturated carbocycles. The van der Waals surface area contributed by atoms with Gasteiger partial charge in [0.05, 0.1) is 28.9 Å². The lowest BCUT2D eigenvalue weighted by Crippen LogP contribution is -2.17. The Morgan fingerprint density at radius 1 is 1.06 bits per heavy atom. The Morgan fingerprint density at radius 2 is 1.88 bits per heavy atom. The van der Waals surface area contributed by atoms with Crippen LogP contribution in [-0.2, 0) is 17.6 Å². The number of fused-ring (bicyclic) bond motifs is 1. The Hall–Kier alpha value is -2.67. The molecular weight excluding hydrogens is 436 g/mol. The monoisotopic (exact) mass is 462 g/mol. The number of hydrogen-bond acceptors (Lipinski definition) is 6. The largest absolute Gasteiger partial charge is 0.465 e. The van der Waals surface area contributed by atoms with Crippen LogP contribution in [0.2, 0.25) is 0 Å². The van der Waals surface area contributed by atoms with Crippen molar-refractivity contribution in [2.45, 2.75) is 37.1 Å². The van der Waals surface area contributed by atoms with Crippen molar-refractivity contribution in [2.75, 3.05) is 7.11 Å². The van der Waals surface area contributed by atoms with Crippen LogP contribution in [0, 0.1) is 0 Å². The molecule has 0 aliphatic carbocycles. The second-order valence-electron chi connectivity index (χ2n) is 7.59. The third kappa shape index (κ3) is 5.57. The molecule has 1 aromatic heterocycles. The summed E-state index contributed by atoms with van der Waals surface area (Å²) in [7, 11) is 1.40. The minimum atomic E-state index is -0.331. The van der Waals surface area contributed by atoms with Crippen LogP contribution in [0.15, 0.2) is 77.7 Å². The number of nitrogens with zero attached hydrogens (tertiary/aromatic N) is 1. The van der Waals surface area contributed by atoms with Gasteiger partial charge in [-0.1, -0.05) is 55.8 Å². The van der Waals surface area contributed by atoms with Crippen LogP contribution in [0.25, 0.3) is 10.2 Å². The predicted molar refractivity (Wildman–Crippen MR) is 133 cm³/mol. The Balaban J connectivity index is 1.59. The number of carbonyl (C=O) groups is 1. The van der Waals surface area contributed by atoms with Crippen molar-refractivity contribution in [2.24, 2.45) is 0 Å². The summed E-state index contributed by atoms with van der Waals surface area (Å²) < 4.78 is 9.65. The van der Waals surface area contributed by atoms with Gasteiger partial charge in [-0.05, 0) is 66.2 Å². The molecule has 1 atom stereocenters. The Morgan fingerprint density at radius 3 is 2.69 bits per heavy atom. The summed E-state index contributed by atoms with van der Waals surface area (Å²) in [6.45, 7) is 2.21. The quantitative estimate of drug-likeness (QED) is 0.224. The summed E-state index contributed by atoms with van der Waals surface area (Å²) in [5, 5.41) is 1.06.